The average Bonchev–Trinajstić information content (AvgIpc) is 3.02. The second kappa shape index (κ2) is 10.3. The minimum Gasteiger partial charge on any atom is -0.349 e. The van der Waals surface area contributed by atoms with Gasteiger partial charge < -0.3 is 5.32 Å². The van der Waals surface area contributed by atoms with Gasteiger partial charge in [0.25, 0.3) is 0 Å². The molecule has 3 rings (SSSR count). The standard InChI is InChI=1S/C23H28F2N2O3S/c1-17(21-12-9-19(24)16-22(21)25)26-23(28)13-8-18-6-10-20(11-7-18)31(29,30)27-14-4-2-3-5-15-27/h6-7,9-12,16-17H,2-5,8,13-15H2,1H3,(H,26,28). The van der Waals surface area contributed by atoms with Gasteiger partial charge in [-0.2, -0.15) is 4.31 Å². The molecule has 1 atom stereocenters. The first-order chi connectivity index (χ1) is 14.8. The molecule has 0 spiro atoms. The summed E-state index contributed by atoms with van der Waals surface area (Å²) >= 11 is 0. The van der Waals surface area contributed by atoms with Crippen LogP contribution in [0.2, 0.25) is 0 Å². The number of carbonyl (C=O) groups excluding carboxylic acids is 1. The van der Waals surface area contributed by atoms with Crippen LogP contribution in [0.1, 0.15) is 56.2 Å². The zero-order valence-electron chi connectivity index (χ0n) is 17.6. The fraction of sp³-hybridized carbons (Fsp3) is 0.435. The highest BCUT2D eigenvalue weighted by Gasteiger charge is 2.25. The second-order valence-corrected chi connectivity index (χ2v) is 9.86. The molecule has 1 aliphatic heterocycles. The SMILES string of the molecule is CC(NC(=O)CCc1ccc(S(=O)(=O)N2CCCCCC2)cc1)c1ccc(F)cc1F. The summed E-state index contributed by atoms with van der Waals surface area (Å²) in [5, 5.41) is 2.71. The van der Waals surface area contributed by atoms with Gasteiger partial charge in [0.2, 0.25) is 15.9 Å². The lowest BCUT2D eigenvalue weighted by Crippen LogP contribution is -2.31. The van der Waals surface area contributed by atoms with Gasteiger partial charge in [-0.25, -0.2) is 17.2 Å². The van der Waals surface area contributed by atoms with Crippen LogP contribution < -0.4 is 5.32 Å². The number of nitrogens with zero attached hydrogens (tertiary/aromatic N) is 1. The molecule has 168 valence electrons. The van der Waals surface area contributed by atoms with Crippen LogP contribution in [0.4, 0.5) is 8.78 Å². The minimum absolute atomic E-state index is 0.172. The number of benzene rings is 2. The summed E-state index contributed by atoms with van der Waals surface area (Å²) in [6, 6.07) is 9.30. The number of amides is 1. The summed E-state index contributed by atoms with van der Waals surface area (Å²) in [4.78, 5) is 12.5. The third-order valence-corrected chi connectivity index (χ3v) is 7.49. The van der Waals surface area contributed by atoms with Crippen molar-refractivity contribution in [2.75, 3.05) is 13.1 Å². The van der Waals surface area contributed by atoms with Crippen LogP contribution in [0, 0.1) is 11.6 Å². The molecule has 1 N–H and O–H groups in total. The molecular formula is C23H28F2N2O3S. The van der Waals surface area contributed by atoms with Crippen LogP contribution >= 0.6 is 0 Å². The highest BCUT2D eigenvalue weighted by Crippen LogP contribution is 2.21. The van der Waals surface area contributed by atoms with Crippen molar-refractivity contribution in [1.82, 2.24) is 9.62 Å². The quantitative estimate of drug-likeness (QED) is 0.683. The molecule has 1 aliphatic rings. The summed E-state index contributed by atoms with van der Waals surface area (Å²) in [5.41, 5.74) is 1.06. The lowest BCUT2D eigenvalue weighted by Gasteiger charge is -2.20. The molecule has 8 heteroatoms. The van der Waals surface area contributed by atoms with Gasteiger partial charge in [-0.05, 0) is 49.9 Å². The molecular weight excluding hydrogens is 422 g/mol. The van der Waals surface area contributed by atoms with E-state index in [4.69, 9.17) is 0 Å². The molecule has 1 amide bonds. The Morgan fingerprint density at radius 1 is 1.03 bits per heavy atom. The van der Waals surface area contributed by atoms with Crippen molar-refractivity contribution in [2.45, 2.75) is 56.4 Å². The van der Waals surface area contributed by atoms with Crippen molar-refractivity contribution < 1.29 is 22.0 Å². The maximum absolute atomic E-state index is 13.8. The molecule has 1 unspecified atom stereocenters. The lowest BCUT2D eigenvalue weighted by atomic mass is 10.1. The van der Waals surface area contributed by atoms with Crippen LogP contribution in [-0.4, -0.2) is 31.7 Å². The van der Waals surface area contributed by atoms with E-state index in [1.165, 1.54) is 6.07 Å². The number of nitrogens with one attached hydrogen (secondary N) is 1. The van der Waals surface area contributed by atoms with Crippen molar-refractivity contribution >= 4 is 15.9 Å². The number of sulfonamides is 1. The normalized spacial score (nSPS) is 16.5. The maximum atomic E-state index is 13.8. The molecule has 31 heavy (non-hydrogen) atoms. The maximum Gasteiger partial charge on any atom is 0.243 e. The van der Waals surface area contributed by atoms with Crippen molar-refractivity contribution in [3.8, 4) is 0 Å². The van der Waals surface area contributed by atoms with Crippen LogP contribution in [-0.2, 0) is 21.2 Å². The number of carbonyl (C=O) groups is 1. The molecule has 1 fully saturated rings. The number of hydrogen-bond acceptors (Lipinski definition) is 3. The molecule has 5 nitrogen and oxygen atoms in total. The monoisotopic (exact) mass is 450 g/mol. The first-order valence-electron chi connectivity index (χ1n) is 10.6. The number of aryl methyl sites for hydroxylation is 1. The van der Waals surface area contributed by atoms with E-state index in [0.29, 0.717) is 19.5 Å². The number of hydrogen-bond donors (Lipinski definition) is 1. The molecule has 0 radical (unpaired) electrons. The fourth-order valence-corrected chi connectivity index (χ4v) is 5.28. The molecule has 0 aromatic heterocycles. The van der Waals surface area contributed by atoms with Crippen LogP contribution in [0.5, 0.6) is 0 Å². The van der Waals surface area contributed by atoms with Gasteiger partial charge in [-0.15, -0.1) is 0 Å². The molecule has 0 aliphatic carbocycles. The third kappa shape index (κ3) is 6.11. The summed E-state index contributed by atoms with van der Waals surface area (Å²) in [6.07, 6.45) is 4.47. The van der Waals surface area contributed by atoms with E-state index in [2.05, 4.69) is 5.32 Å². The van der Waals surface area contributed by atoms with Gasteiger partial charge in [0.05, 0.1) is 10.9 Å². The van der Waals surface area contributed by atoms with Crippen molar-refractivity contribution in [3.05, 3.63) is 65.2 Å². The first-order valence-corrected chi connectivity index (χ1v) is 12.0. The summed E-state index contributed by atoms with van der Waals surface area (Å²) < 4.78 is 54.1. The highest BCUT2D eigenvalue weighted by atomic mass is 32.2. The van der Waals surface area contributed by atoms with Gasteiger partial charge >= 0.3 is 0 Å². The van der Waals surface area contributed by atoms with E-state index in [0.717, 1.165) is 43.4 Å². The Hall–Kier alpha value is -2.32. The smallest absolute Gasteiger partial charge is 0.243 e. The van der Waals surface area contributed by atoms with E-state index in [9.17, 15) is 22.0 Å². The predicted octanol–water partition coefficient (Wildman–Crippen LogP) is 4.34. The zero-order valence-corrected chi connectivity index (χ0v) is 18.4. The van der Waals surface area contributed by atoms with E-state index in [1.54, 1.807) is 35.5 Å². The van der Waals surface area contributed by atoms with Crippen molar-refractivity contribution in [2.24, 2.45) is 0 Å². The minimum atomic E-state index is -3.50. The molecule has 0 bridgehead atoms. The molecule has 1 heterocycles. The Labute approximate surface area is 182 Å². The molecule has 2 aromatic carbocycles. The van der Waals surface area contributed by atoms with Gasteiger partial charge in [0.1, 0.15) is 11.6 Å². The van der Waals surface area contributed by atoms with Gasteiger partial charge in [-0.3, -0.25) is 4.79 Å². The Morgan fingerprint density at radius 2 is 1.68 bits per heavy atom. The van der Waals surface area contributed by atoms with E-state index in [1.807, 2.05) is 0 Å². The number of halogens is 2. The Bertz CT molecular complexity index is 1000. The Balaban J connectivity index is 1.55. The highest BCUT2D eigenvalue weighted by molar-refractivity contribution is 7.89. The summed E-state index contributed by atoms with van der Waals surface area (Å²) in [6.45, 7) is 2.74. The van der Waals surface area contributed by atoms with Crippen LogP contribution in [0.3, 0.4) is 0 Å². The topological polar surface area (TPSA) is 66.5 Å². The Kier molecular flexibility index (Phi) is 7.78. The van der Waals surface area contributed by atoms with E-state index >= 15 is 0 Å². The zero-order chi connectivity index (χ0) is 22.4. The molecule has 0 saturated carbocycles. The summed E-state index contributed by atoms with van der Waals surface area (Å²) in [5.74, 6) is -1.63. The van der Waals surface area contributed by atoms with E-state index < -0.39 is 27.7 Å². The van der Waals surface area contributed by atoms with Gasteiger partial charge in [-0.1, -0.05) is 31.0 Å². The average molecular weight is 451 g/mol. The van der Waals surface area contributed by atoms with Crippen LogP contribution in [0.15, 0.2) is 47.4 Å². The summed E-state index contributed by atoms with van der Waals surface area (Å²) in [7, 11) is -3.50. The fourth-order valence-electron chi connectivity index (χ4n) is 3.76. The van der Waals surface area contributed by atoms with Gasteiger partial charge in [0, 0.05) is 31.1 Å². The van der Waals surface area contributed by atoms with Crippen molar-refractivity contribution in [3.63, 3.8) is 0 Å². The molecule has 2 aromatic rings. The first kappa shape index (κ1) is 23.3. The second-order valence-electron chi connectivity index (χ2n) is 7.92. The largest absolute Gasteiger partial charge is 0.349 e. The number of rotatable bonds is 7. The van der Waals surface area contributed by atoms with E-state index in [-0.39, 0.29) is 22.8 Å². The van der Waals surface area contributed by atoms with Crippen LogP contribution in [0.25, 0.3) is 0 Å². The lowest BCUT2D eigenvalue weighted by molar-refractivity contribution is -0.121. The molecule has 1 saturated heterocycles. The van der Waals surface area contributed by atoms with Crippen molar-refractivity contribution in [1.29, 1.82) is 0 Å². The third-order valence-electron chi connectivity index (χ3n) is 5.57. The predicted molar refractivity (Wildman–Crippen MR) is 115 cm³/mol. The Morgan fingerprint density at radius 3 is 2.29 bits per heavy atom. The van der Waals surface area contributed by atoms with Gasteiger partial charge in [0.15, 0.2) is 0 Å².